The molecule has 0 saturated heterocycles. The molecule has 0 bridgehead atoms. The number of pyridine rings is 4. The Labute approximate surface area is 858 Å². The van der Waals surface area contributed by atoms with Gasteiger partial charge >= 0.3 is 35.0 Å². The molecule has 4 atom stereocenters. The van der Waals surface area contributed by atoms with E-state index < -0.39 is 31.5 Å². The zero-order chi connectivity index (χ0) is 96.3. The van der Waals surface area contributed by atoms with Crippen LogP contribution in [-0.4, -0.2) is 78.9 Å². The smallest absolute Gasteiger partial charge is 0.0134 e. The van der Waals surface area contributed by atoms with Crippen LogP contribution in [0.5, 0.6) is 11.5 Å². The molecule has 704 valence electrons. The number of thiazole rings is 3. The molecule has 0 amide bonds. The van der Waals surface area contributed by atoms with Gasteiger partial charge in [0, 0.05) is 73.0 Å². The largest absolute Gasteiger partial charge is 0.0622 e. The van der Waals surface area contributed by atoms with E-state index in [1.807, 2.05) is 70.0 Å². The molecule has 0 spiro atoms. The van der Waals surface area contributed by atoms with E-state index in [2.05, 4.69) is 240 Å². The Morgan fingerprint density at radius 1 is 0.370 bits per heavy atom. The second-order valence-electron chi connectivity index (χ2n) is 28.6. The first-order valence-corrected chi connectivity index (χ1v) is 59.0. The Morgan fingerprint density at radius 3 is 1.01 bits per heavy atom. The summed E-state index contributed by atoms with van der Waals surface area (Å²) >= 11 is 47.2. The third-order valence-corrected chi connectivity index (χ3v) is 30.6. The average molecular weight is 2250 g/mol. The number of aromatic nitrogens is 7. The van der Waals surface area contributed by atoms with Gasteiger partial charge in [-0.3, -0.25) is 4.79 Å². The topological polar surface area (TPSA) is 250 Å². The van der Waals surface area contributed by atoms with E-state index in [0.717, 1.165) is 70.8 Å². The number of benzene rings is 11. The van der Waals surface area contributed by atoms with Gasteiger partial charge in [0.1, 0.15) is 53.2 Å². The van der Waals surface area contributed by atoms with Crippen LogP contribution >= 0.6 is 184 Å². The Balaban J connectivity index is 0.000000175. The zero-order valence-electron chi connectivity index (χ0n) is 72.5. The van der Waals surface area contributed by atoms with Crippen LogP contribution in [0.2, 0.25) is 35.4 Å². The van der Waals surface area contributed by atoms with Gasteiger partial charge in [-0.25, -0.2) is 29.9 Å². The first-order chi connectivity index (χ1) is 64.7. The number of aromatic amines is 1. The van der Waals surface area contributed by atoms with Crippen molar-refractivity contribution in [2.45, 2.75) is 74.8 Å². The predicted octanol–water partition coefficient (Wildman–Crippen LogP) is 27.4. The molecule has 7 heterocycles. The number of aliphatic hydroxyl groups excluding tert-OH is 6. The molecular formula is C100H94Cl9N7O9P6PdS3. The molecule has 7 N–H and O–H groups in total. The monoisotopic (exact) mass is 2240 g/mol. The molecule has 35 heteroatoms. The maximum atomic E-state index is 12.2. The van der Waals surface area contributed by atoms with E-state index in [1.165, 1.54) is 60.6 Å². The van der Waals surface area contributed by atoms with E-state index in [-0.39, 0.29) is 73.6 Å². The van der Waals surface area contributed by atoms with Crippen molar-refractivity contribution in [2.24, 2.45) is 0 Å². The van der Waals surface area contributed by atoms with Gasteiger partial charge in [0.05, 0.1) is 97.5 Å². The fraction of sp³-hybridized carbons (Fsp3) is 0.130. The summed E-state index contributed by atoms with van der Waals surface area (Å²) in [4.78, 5) is 41.2. The minimum absolute atomic E-state index is 0. The van der Waals surface area contributed by atoms with Crippen molar-refractivity contribution in [3.05, 3.63) is 396 Å². The fourth-order valence-corrected chi connectivity index (χ4v) is 22.9. The Hall–Kier alpha value is -7.04. The van der Waals surface area contributed by atoms with Crippen LogP contribution in [0.15, 0.2) is 300 Å². The molecule has 0 aliphatic carbocycles. The minimum Gasteiger partial charge on any atom is -0.0622 e. The summed E-state index contributed by atoms with van der Waals surface area (Å²) in [6.07, 6.45) is 0. The van der Waals surface area contributed by atoms with Gasteiger partial charge < -0.3 is 44.7 Å². The van der Waals surface area contributed by atoms with Crippen molar-refractivity contribution in [2.75, 3.05) is 13.3 Å². The van der Waals surface area contributed by atoms with Crippen LogP contribution in [0.1, 0.15) is 62.9 Å². The van der Waals surface area contributed by atoms with E-state index >= 15 is 0 Å². The SMILES string of the molecule is C.CP(P)Oc1cc(Cl)nc2c(Cl)c(CO)ccc12.Cc1csc(-c2cc(=O)c3ccc(CO)c(Cl)c3[nH]2)n1.Cc1csc(-c2cc(OP(C)P)c3ccc(CO)c(Cl)c3n2)n1.Cc1csc(C)n1.OCc1ccc(CO)cc1.OCc1ccc2c(Cl)cc(Cl)nc2c1Cl.[Cl][Pd][Cl].c1ccc(P(c2ccccc2)c2ccccc2)cc1.c1ccc(P(c2ccccc2)c2ccccc2)cc1. The van der Waals surface area contributed by atoms with Gasteiger partial charge in [0.2, 0.25) is 0 Å². The molecule has 7 aromatic heterocycles. The molecule has 11 aromatic carbocycles. The van der Waals surface area contributed by atoms with Gasteiger partial charge in [-0.1, -0.05) is 343 Å². The number of hydrogen-bond donors (Lipinski definition) is 7. The van der Waals surface area contributed by atoms with Crippen LogP contribution in [0.25, 0.3) is 65.0 Å². The summed E-state index contributed by atoms with van der Waals surface area (Å²) in [5.41, 5.74) is 10.7. The molecule has 0 aliphatic rings. The van der Waals surface area contributed by atoms with Crippen molar-refractivity contribution in [3.63, 3.8) is 0 Å². The minimum atomic E-state index is -0.668. The van der Waals surface area contributed by atoms with Gasteiger partial charge in [0.15, 0.2) is 5.43 Å². The predicted molar refractivity (Wildman–Crippen MR) is 585 cm³/mol. The molecule has 18 aromatic rings. The van der Waals surface area contributed by atoms with Gasteiger partial charge in [-0.15, -0.1) is 34.0 Å². The number of aliphatic hydroxyl groups is 6. The number of rotatable bonds is 18. The van der Waals surface area contributed by atoms with Gasteiger partial charge in [0.25, 0.3) is 0 Å². The number of fused-ring (bicyclic) bond motifs is 4. The van der Waals surface area contributed by atoms with Crippen LogP contribution in [0.4, 0.5) is 0 Å². The zero-order valence-corrected chi connectivity index (χ0v) is 89.2. The Bertz CT molecular complexity index is 6500. The van der Waals surface area contributed by atoms with E-state index in [9.17, 15) is 20.1 Å². The van der Waals surface area contributed by atoms with E-state index in [0.29, 0.717) is 91.4 Å². The summed E-state index contributed by atoms with van der Waals surface area (Å²) in [5, 5.41) is 76.8. The molecule has 18 rings (SSSR count). The summed E-state index contributed by atoms with van der Waals surface area (Å²) in [5.74, 6) is 1.38. The van der Waals surface area contributed by atoms with Crippen molar-refractivity contribution in [3.8, 4) is 32.9 Å². The summed E-state index contributed by atoms with van der Waals surface area (Å²) in [7, 11) is 12.7. The number of hydrogen-bond acceptors (Lipinski definition) is 18. The van der Waals surface area contributed by atoms with E-state index in [4.69, 9.17) is 125 Å². The first-order valence-electron chi connectivity index (χ1n) is 40.4. The second-order valence-corrected chi connectivity index (χ2v) is 47.7. The van der Waals surface area contributed by atoms with Gasteiger partial charge in [-0.2, -0.15) is 0 Å². The molecule has 0 aliphatic heterocycles. The van der Waals surface area contributed by atoms with E-state index in [1.54, 1.807) is 84.1 Å². The molecule has 0 fully saturated rings. The molecule has 4 unspecified atom stereocenters. The third-order valence-electron chi connectivity index (χ3n) is 18.9. The van der Waals surface area contributed by atoms with Crippen molar-refractivity contribution < 1.29 is 55.6 Å². The quantitative estimate of drug-likeness (QED) is 0.0240. The number of H-pyrrole nitrogens is 1. The van der Waals surface area contributed by atoms with Crippen LogP contribution in [0.3, 0.4) is 0 Å². The van der Waals surface area contributed by atoms with Crippen LogP contribution in [0, 0.1) is 27.7 Å². The summed E-state index contributed by atoms with van der Waals surface area (Å²) in [6, 6.07) is 92.6. The molecule has 0 saturated carbocycles. The van der Waals surface area contributed by atoms with Crippen LogP contribution in [-0.2, 0) is 55.6 Å². The first kappa shape index (κ1) is 112. The Morgan fingerprint density at radius 2 is 0.689 bits per heavy atom. The summed E-state index contributed by atoms with van der Waals surface area (Å²) in [6.45, 7) is 11.4. The molecule has 16 nitrogen and oxygen atoms in total. The number of nitrogens with zero attached hydrogens (tertiary/aromatic N) is 6. The number of aryl methyl sites for hydroxylation is 4. The standard InChI is InChI=1S/2C18H15P.C15H15ClN2O2P2S.C14H11ClN2O2S.C11H11Cl2NO2P2.C10H6Cl3NO.C8H10O2.C5H7NS.CH4.2ClH.Pd/c2*1-4-10-16(11-5-1)19(17-12-6-2-7-13-17)18-14-8-3-9-15-18;1-8-7-23-15(17-8)11-5-12(20-22(2)21)10-4-3-9(6-19)13(16)14(10)18-11;1-7-6-20-14(16-7)10-4-11(19)9-3-2-8(5-18)12(15)13(9)17-10;1-18(17)16-8-4-9(12)14-11-7(8)3-2-6(5-15)10(11)13;11-7-3-8(12)14-10-6(7)2-1-5(4-15)9(10)13;9-5-7-1-2-8(6-10)4-3-7;1-4-3-7-5(2)6-4;;;;/h2*1-15H;3-5,7,19H,6,21H2,1-2H3;2-4,6,18H,5H2,1H3,(H,17,19);2-4,15H,5,17H2,1H3;1-3,15H,4H2;1-4,9-10H,5-6H2;3H,1-2H3;1H4;2*1H;/q;;;;;;;;;;;+2/p-2. The average Bonchev–Trinajstić information content (AvgIpc) is 1.77. The summed E-state index contributed by atoms with van der Waals surface area (Å²) < 4.78 is 11.7. The maximum Gasteiger partial charge on any atom is -0.0134 e. The second kappa shape index (κ2) is 57.6. The molecule has 0 radical (unpaired) electrons. The van der Waals surface area contributed by atoms with Crippen LogP contribution < -0.4 is 46.3 Å². The van der Waals surface area contributed by atoms with Crippen molar-refractivity contribution in [1.82, 2.24) is 34.9 Å². The van der Waals surface area contributed by atoms with Gasteiger partial charge in [-0.05, 0) is 146 Å². The Kier molecular flexibility index (Phi) is 47.6. The van der Waals surface area contributed by atoms with Crippen molar-refractivity contribution >= 4 is 259 Å². The number of halogens is 9. The third kappa shape index (κ3) is 32.8. The molecule has 135 heavy (non-hydrogen) atoms. The molecular weight excluding hydrogens is 2150 g/mol. The fourth-order valence-electron chi connectivity index (χ4n) is 12.8. The maximum absolute atomic E-state index is 12.2. The number of nitrogens with one attached hydrogen (secondary N) is 1. The normalized spacial score (nSPS) is 11.1. The van der Waals surface area contributed by atoms with Crippen molar-refractivity contribution in [1.29, 1.82) is 0 Å².